The van der Waals surface area contributed by atoms with Crippen LogP contribution < -0.4 is 0 Å². The van der Waals surface area contributed by atoms with E-state index in [2.05, 4.69) is 30.6 Å². The number of fused-ring (bicyclic) bond motifs is 1. The minimum absolute atomic E-state index is 0.136. The second-order valence-corrected chi connectivity index (χ2v) is 10.1. The van der Waals surface area contributed by atoms with Crippen molar-refractivity contribution in [2.45, 2.75) is 56.8 Å². The molecule has 1 nitrogen and oxygen atoms in total. The molecule has 1 atom stereocenters. The Morgan fingerprint density at radius 3 is 2.11 bits per heavy atom. The first-order chi connectivity index (χ1) is 18.4. The molecule has 192 valence electrons. The Hall–Kier alpha value is -3.66. The van der Waals surface area contributed by atoms with E-state index in [-0.39, 0.29) is 16.0 Å². The predicted molar refractivity (Wildman–Crippen MR) is 142 cm³/mol. The van der Waals surface area contributed by atoms with Crippen LogP contribution in [0.3, 0.4) is 0 Å². The fraction of sp³-hybridized carbons (Fsp3) is 0.281. The number of nitriles is 1. The van der Waals surface area contributed by atoms with E-state index >= 15 is 4.39 Å². The molecule has 0 heterocycles. The number of halogens is 4. The standard InChI is InChI=1S/C32H25F4NS/c1-2-3-4-5-23-13-14-26-25(16-23)19-28(33)27(31(26)36)15-12-22-8-6-21(7-9-22)10-11-24-17-29(34)32(38-20-37)30(35)18-24/h6-9,17-19,23H,2-5,13-14,16H2,1H3. The zero-order valence-corrected chi connectivity index (χ0v) is 21.8. The summed E-state index contributed by atoms with van der Waals surface area (Å²) in [5.74, 6) is 8.59. The van der Waals surface area contributed by atoms with E-state index in [0.29, 0.717) is 47.2 Å². The molecule has 3 aromatic rings. The maximum absolute atomic E-state index is 15.2. The van der Waals surface area contributed by atoms with Crippen molar-refractivity contribution in [1.82, 2.24) is 0 Å². The number of nitrogens with zero attached hydrogens (tertiary/aromatic N) is 1. The Labute approximate surface area is 225 Å². The smallest absolute Gasteiger partial charge is 0.145 e. The van der Waals surface area contributed by atoms with Crippen LogP contribution in [0, 0.1) is 63.5 Å². The fourth-order valence-electron chi connectivity index (χ4n) is 4.66. The van der Waals surface area contributed by atoms with E-state index in [4.69, 9.17) is 5.26 Å². The van der Waals surface area contributed by atoms with Crippen LogP contribution in [0.15, 0.2) is 47.4 Å². The van der Waals surface area contributed by atoms with Crippen molar-refractivity contribution in [3.63, 3.8) is 0 Å². The average Bonchev–Trinajstić information content (AvgIpc) is 2.90. The van der Waals surface area contributed by atoms with Gasteiger partial charge in [0.15, 0.2) is 0 Å². The molecule has 0 spiro atoms. The molecule has 0 radical (unpaired) electrons. The first-order valence-corrected chi connectivity index (χ1v) is 13.4. The maximum atomic E-state index is 15.2. The van der Waals surface area contributed by atoms with Crippen molar-refractivity contribution in [3.05, 3.63) is 99.1 Å². The molecule has 0 aromatic heterocycles. The predicted octanol–water partition coefficient (Wildman–Crippen LogP) is 8.30. The lowest BCUT2D eigenvalue weighted by atomic mass is 9.80. The largest absolute Gasteiger partial charge is 0.206 e. The van der Waals surface area contributed by atoms with Crippen LogP contribution in [0.2, 0.25) is 0 Å². The average molecular weight is 532 g/mol. The molecular weight excluding hydrogens is 506 g/mol. The summed E-state index contributed by atoms with van der Waals surface area (Å²) in [5.41, 5.74) is 2.40. The third-order valence-electron chi connectivity index (χ3n) is 6.65. The molecule has 6 heteroatoms. The first kappa shape index (κ1) is 27.4. The van der Waals surface area contributed by atoms with Crippen LogP contribution in [0.25, 0.3) is 0 Å². The van der Waals surface area contributed by atoms with Crippen LogP contribution in [0.5, 0.6) is 0 Å². The van der Waals surface area contributed by atoms with Crippen molar-refractivity contribution >= 4 is 11.8 Å². The Morgan fingerprint density at radius 1 is 0.842 bits per heavy atom. The number of hydrogen-bond acceptors (Lipinski definition) is 2. The maximum Gasteiger partial charge on any atom is 0.145 e. The normalized spacial score (nSPS) is 13.9. The number of hydrogen-bond donors (Lipinski definition) is 0. The lowest BCUT2D eigenvalue weighted by Gasteiger charge is -2.25. The third-order valence-corrected chi connectivity index (χ3v) is 7.34. The Kier molecular flexibility index (Phi) is 9.17. The SMILES string of the molecule is CCCCCC1CCc2c(cc(F)c(C#Cc3ccc(C#Cc4cc(F)c(SC#N)c(F)c4)cc3)c2F)C1. The van der Waals surface area contributed by atoms with Gasteiger partial charge in [0.25, 0.3) is 0 Å². The summed E-state index contributed by atoms with van der Waals surface area (Å²) in [7, 11) is 0. The Bertz CT molecular complexity index is 1470. The van der Waals surface area contributed by atoms with Crippen molar-refractivity contribution in [1.29, 1.82) is 5.26 Å². The number of thioether (sulfide) groups is 1. The summed E-state index contributed by atoms with van der Waals surface area (Å²) < 4.78 is 57.9. The van der Waals surface area contributed by atoms with Gasteiger partial charge in [-0.15, -0.1) is 0 Å². The molecule has 3 aromatic carbocycles. The number of benzene rings is 3. The van der Waals surface area contributed by atoms with Gasteiger partial charge < -0.3 is 0 Å². The molecule has 0 bridgehead atoms. The summed E-state index contributed by atoms with van der Waals surface area (Å²) in [4.78, 5) is -0.362. The minimum atomic E-state index is -0.847. The first-order valence-electron chi connectivity index (χ1n) is 12.6. The highest BCUT2D eigenvalue weighted by molar-refractivity contribution is 8.03. The monoisotopic (exact) mass is 531 g/mol. The highest BCUT2D eigenvalue weighted by atomic mass is 32.2. The van der Waals surface area contributed by atoms with Crippen molar-refractivity contribution in [3.8, 4) is 29.1 Å². The van der Waals surface area contributed by atoms with E-state index in [1.54, 1.807) is 29.7 Å². The minimum Gasteiger partial charge on any atom is -0.206 e. The summed E-state index contributed by atoms with van der Waals surface area (Å²) in [6.07, 6.45) is 6.83. The van der Waals surface area contributed by atoms with Crippen molar-refractivity contribution in [2.75, 3.05) is 0 Å². The van der Waals surface area contributed by atoms with Gasteiger partial charge in [0.05, 0.1) is 10.5 Å². The molecule has 0 fully saturated rings. The van der Waals surface area contributed by atoms with E-state index in [9.17, 15) is 13.2 Å². The van der Waals surface area contributed by atoms with Crippen LogP contribution in [0.4, 0.5) is 17.6 Å². The second kappa shape index (κ2) is 12.7. The molecular formula is C32H25F4NS. The van der Waals surface area contributed by atoms with Gasteiger partial charge in [-0.2, -0.15) is 5.26 Å². The van der Waals surface area contributed by atoms with Gasteiger partial charge >= 0.3 is 0 Å². The van der Waals surface area contributed by atoms with E-state index in [1.165, 1.54) is 12.5 Å². The van der Waals surface area contributed by atoms with Gasteiger partial charge in [0, 0.05) is 16.7 Å². The van der Waals surface area contributed by atoms with Crippen LogP contribution in [-0.4, -0.2) is 0 Å². The highest BCUT2D eigenvalue weighted by Crippen LogP contribution is 2.33. The molecule has 0 N–H and O–H groups in total. The van der Waals surface area contributed by atoms with E-state index in [0.717, 1.165) is 43.4 Å². The third kappa shape index (κ3) is 6.61. The zero-order valence-electron chi connectivity index (χ0n) is 20.9. The molecule has 1 aliphatic rings. The number of thiocyanates is 1. The zero-order chi connectivity index (χ0) is 27.1. The lowest BCUT2D eigenvalue weighted by Crippen LogP contribution is -2.17. The van der Waals surface area contributed by atoms with Crippen molar-refractivity contribution < 1.29 is 17.6 Å². The van der Waals surface area contributed by atoms with Gasteiger partial charge in [-0.3, -0.25) is 0 Å². The summed E-state index contributed by atoms with van der Waals surface area (Å²) in [6.45, 7) is 2.17. The summed E-state index contributed by atoms with van der Waals surface area (Å²) >= 11 is 0.415. The number of rotatable bonds is 5. The quantitative estimate of drug-likeness (QED) is 0.109. The van der Waals surface area contributed by atoms with Gasteiger partial charge in [-0.1, -0.05) is 56.3 Å². The van der Waals surface area contributed by atoms with Gasteiger partial charge in [-0.25, -0.2) is 17.6 Å². The molecule has 38 heavy (non-hydrogen) atoms. The van der Waals surface area contributed by atoms with Gasteiger partial charge in [-0.05, 0) is 90.5 Å². The number of unbranched alkanes of at least 4 members (excludes halogenated alkanes) is 2. The molecule has 1 aliphatic carbocycles. The molecule has 0 saturated heterocycles. The topological polar surface area (TPSA) is 23.8 Å². The van der Waals surface area contributed by atoms with E-state index in [1.807, 2.05) is 0 Å². The molecule has 0 saturated carbocycles. The van der Waals surface area contributed by atoms with Crippen LogP contribution in [-0.2, 0) is 12.8 Å². The molecule has 0 aliphatic heterocycles. The fourth-order valence-corrected chi connectivity index (χ4v) is 5.06. The Morgan fingerprint density at radius 2 is 1.47 bits per heavy atom. The molecule has 4 rings (SSSR count). The molecule has 0 amide bonds. The second-order valence-electron chi connectivity index (χ2n) is 9.33. The highest BCUT2D eigenvalue weighted by Gasteiger charge is 2.24. The Balaban J connectivity index is 1.48. The lowest BCUT2D eigenvalue weighted by molar-refractivity contribution is 0.399. The van der Waals surface area contributed by atoms with Crippen LogP contribution in [0.1, 0.15) is 72.4 Å². The molecule has 1 unspecified atom stereocenters. The van der Waals surface area contributed by atoms with Gasteiger partial charge in [0.2, 0.25) is 0 Å². The van der Waals surface area contributed by atoms with Crippen LogP contribution >= 0.6 is 11.8 Å². The summed E-state index contributed by atoms with van der Waals surface area (Å²) in [6, 6.07) is 10.3. The van der Waals surface area contributed by atoms with Crippen molar-refractivity contribution in [2.24, 2.45) is 5.92 Å². The van der Waals surface area contributed by atoms with E-state index < -0.39 is 23.3 Å². The summed E-state index contributed by atoms with van der Waals surface area (Å²) in [5, 5.41) is 10.3. The van der Waals surface area contributed by atoms with Gasteiger partial charge in [0.1, 0.15) is 28.7 Å².